The van der Waals surface area contributed by atoms with Gasteiger partial charge in [-0.25, -0.2) is 9.66 Å². The number of piperidine rings is 1. The molecule has 8 heteroatoms. The Bertz CT molecular complexity index is 1150. The fraction of sp³-hybridized carbons (Fsp3) is 0.385. The number of methoxy groups -OCH3 is 1. The third kappa shape index (κ3) is 4.33. The van der Waals surface area contributed by atoms with Crippen LogP contribution in [0.5, 0.6) is 17.2 Å². The molecule has 0 spiro atoms. The first-order valence-electron chi connectivity index (χ1n) is 11.8. The first-order valence-corrected chi connectivity index (χ1v) is 11.8. The Kier molecular flexibility index (Phi) is 6.15. The van der Waals surface area contributed by atoms with Gasteiger partial charge >= 0.3 is 0 Å². The van der Waals surface area contributed by atoms with Crippen LogP contribution in [0.1, 0.15) is 41.5 Å². The van der Waals surface area contributed by atoms with E-state index in [9.17, 15) is 4.79 Å². The zero-order valence-corrected chi connectivity index (χ0v) is 19.7. The van der Waals surface area contributed by atoms with Gasteiger partial charge in [-0.15, -0.1) is 0 Å². The molecule has 8 nitrogen and oxygen atoms in total. The first kappa shape index (κ1) is 22.3. The van der Waals surface area contributed by atoms with Crippen molar-refractivity contribution < 1.29 is 14.3 Å². The second-order valence-electron chi connectivity index (χ2n) is 9.11. The molecule has 0 bridgehead atoms. The van der Waals surface area contributed by atoms with Crippen LogP contribution in [0.25, 0.3) is 11.3 Å². The predicted octanol–water partition coefficient (Wildman–Crippen LogP) is 3.82. The molecular weight excluding hydrogens is 430 g/mol. The molecule has 5 rings (SSSR count). The van der Waals surface area contributed by atoms with E-state index in [0.29, 0.717) is 34.7 Å². The number of nitrogens with zero attached hydrogens (tertiary/aromatic N) is 3. The highest BCUT2D eigenvalue weighted by Gasteiger charge is 2.35. The Balaban J connectivity index is 1.42. The van der Waals surface area contributed by atoms with Crippen molar-refractivity contribution >= 4 is 5.91 Å². The second-order valence-corrected chi connectivity index (χ2v) is 9.11. The molecule has 178 valence electrons. The van der Waals surface area contributed by atoms with Gasteiger partial charge in [0, 0.05) is 18.0 Å². The largest absolute Gasteiger partial charge is 0.497 e. The number of benzene rings is 2. The molecule has 2 aromatic carbocycles. The number of hydrogen-bond donors (Lipinski definition) is 2. The fourth-order valence-corrected chi connectivity index (χ4v) is 5.07. The van der Waals surface area contributed by atoms with E-state index in [2.05, 4.69) is 17.4 Å². The standard InChI is InChI=1S/C26H31N5O3/c1-30-15-12-17(13-16-30)22-11-14-28-31-24(25(27)32)23(29-26(22)31)18-3-5-20(6-4-18)34-21-9-7-19(33-2)8-10-21/h3-10,17,22,28H,11-16H2,1-2H3,(H2,27,32). The van der Waals surface area contributed by atoms with Gasteiger partial charge in [-0.1, -0.05) is 0 Å². The van der Waals surface area contributed by atoms with E-state index in [1.807, 2.05) is 53.2 Å². The summed E-state index contributed by atoms with van der Waals surface area (Å²) in [6.07, 6.45) is 3.30. The SMILES string of the molecule is COc1ccc(Oc2ccc(-c3nc4n(c3C(N)=O)NCCC4C3CCN(C)CC3)cc2)cc1. The first-order chi connectivity index (χ1) is 16.5. The van der Waals surface area contributed by atoms with Crippen molar-refractivity contribution in [3.8, 4) is 28.5 Å². The average Bonchev–Trinajstić information content (AvgIpc) is 3.26. The fourth-order valence-electron chi connectivity index (χ4n) is 5.07. The van der Waals surface area contributed by atoms with Gasteiger partial charge in [-0.2, -0.15) is 0 Å². The van der Waals surface area contributed by atoms with Crippen molar-refractivity contribution in [2.45, 2.75) is 25.2 Å². The van der Waals surface area contributed by atoms with Crippen LogP contribution in [0.4, 0.5) is 0 Å². The normalized spacial score (nSPS) is 18.7. The van der Waals surface area contributed by atoms with Crippen LogP contribution in [0.2, 0.25) is 0 Å². The summed E-state index contributed by atoms with van der Waals surface area (Å²) in [6, 6.07) is 15.0. The maximum Gasteiger partial charge on any atom is 0.269 e. The van der Waals surface area contributed by atoms with Gasteiger partial charge in [-0.05, 0) is 93.8 Å². The highest BCUT2D eigenvalue weighted by atomic mass is 16.5. The molecule has 1 saturated heterocycles. The quantitative estimate of drug-likeness (QED) is 0.580. The van der Waals surface area contributed by atoms with Gasteiger partial charge in [0.1, 0.15) is 28.8 Å². The maximum atomic E-state index is 12.5. The number of amides is 1. The van der Waals surface area contributed by atoms with Gasteiger partial charge in [0.05, 0.1) is 7.11 Å². The summed E-state index contributed by atoms with van der Waals surface area (Å²) in [5, 5.41) is 0. The molecule has 1 fully saturated rings. The minimum Gasteiger partial charge on any atom is -0.497 e. The average molecular weight is 462 g/mol. The van der Waals surface area contributed by atoms with Gasteiger partial charge in [0.2, 0.25) is 0 Å². The predicted molar refractivity (Wildman–Crippen MR) is 131 cm³/mol. The molecule has 2 aliphatic rings. The van der Waals surface area contributed by atoms with Crippen molar-refractivity contribution in [3.05, 3.63) is 60.0 Å². The number of carbonyl (C=O) groups is 1. The molecule has 1 aromatic heterocycles. The Labute approximate surface area is 199 Å². The molecule has 0 aliphatic carbocycles. The van der Waals surface area contributed by atoms with Crippen LogP contribution in [-0.2, 0) is 0 Å². The molecule has 0 saturated carbocycles. The number of nitrogens with two attached hydrogens (primary N) is 1. The van der Waals surface area contributed by atoms with Crippen molar-refractivity contribution in [1.29, 1.82) is 0 Å². The number of nitrogens with one attached hydrogen (secondary N) is 1. The van der Waals surface area contributed by atoms with Gasteiger partial charge in [0.25, 0.3) is 5.91 Å². The highest BCUT2D eigenvalue weighted by molar-refractivity contribution is 5.97. The minimum atomic E-state index is -0.483. The summed E-state index contributed by atoms with van der Waals surface area (Å²) in [4.78, 5) is 19.9. The van der Waals surface area contributed by atoms with Crippen LogP contribution in [-0.4, -0.2) is 54.3 Å². The van der Waals surface area contributed by atoms with Crippen molar-refractivity contribution in [2.24, 2.45) is 11.7 Å². The number of hydrogen-bond acceptors (Lipinski definition) is 6. The summed E-state index contributed by atoms with van der Waals surface area (Å²) >= 11 is 0. The van der Waals surface area contributed by atoms with Gasteiger partial charge in [-0.3, -0.25) is 4.79 Å². The zero-order chi connectivity index (χ0) is 23.7. The molecule has 1 atom stereocenters. The summed E-state index contributed by atoms with van der Waals surface area (Å²) in [5.74, 6) is 3.51. The Morgan fingerprint density at radius 3 is 2.24 bits per heavy atom. The molecular formula is C26H31N5O3. The van der Waals surface area contributed by atoms with Gasteiger partial charge in [0.15, 0.2) is 5.69 Å². The molecule has 3 heterocycles. The Hall–Kier alpha value is -3.52. The third-order valence-electron chi connectivity index (χ3n) is 6.95. The molecule has 34 heavy (non-hydrogen) atoms. The van der Waals surface area contributed by atoms with E-state index in [0.717, 1.165) is 56.0 Å². The van der Waals surface area contributed by atoms with Crippen LogP contribution < -0.4 is 20.6 Å². The molecule has 2 aliphatic heterocycles. The number of imidazole rings is 1. The molecule has 1 amide bonds. The number of likely N-dealkylation sites (tertiary alicyclic amines) is 1. The minimum absolute atomic E-state index is 0.319. The van der Waals surface area contributed by atoms with Crippen LogP contribution in [0.15, 0.2) is 48.5 Å². The lowest BCUT2D eigenvalue weighted by Crippen LogP contribution is -2.38. The molecule has 3 N–H and O–H groups in total. The second kappa shape index (κ2) is 9.38. The van der Waals surface area contributed by atoms with Crippen molar-refractivity contribution in [3.63, 3.8) is 0 Å². The number of primary amides is 1. The summed E-state index contributed by atoms with van der Waals surface area (Å²) in [5.41, 5.74) is 11.0. The molecule has 1 unspecified atom stereocenters. The van der Waals surface area contributed by atoms with Crippen molar-refractivity contribution in [1.82, 2.24) is 14.6 Å². The number of rotatable bonds is 6. The third-order valence-corrected chi connectivity index (χ3v) is 6.95. The lowest BCUT2D eigenvalue weighted by atomic mass is 9.81. The van der Waals surface area contributed by atoms with Crippen LogP contribution >= 0.6 is 0 Å². The maximum absolute atomic E-state index is 12.5. The van der Waals surface area contributed by atoms with E-state index < -0.39 is 5.91 Å². The lowest BCUT2D eigenvalue weighted by molar-refractivity contribution is 0.0992. The number of carbonyl (C=O) groups excluding carboxylic acids is 1. The van der Waals surface area contributed by atoms with E-state index in [-0.39, 0.29) is 0 Å². The van der Waals surface area contributed by atoms with Crippen molar-refractivity contribution in [2.75, 3.05) is 39.2 Å². The summed E-state index contributed by atoms with van der Waals surface area (Å²) in [7, 11) is 3.80. The van der Waals surface area contributed by atoms with Crippen LogP contribution in [0.3, 0.4) is 0 Å². The number of ether oxygens (including phenoxy) is 2. The topological polar surface area (TPSA) is 94.6 Å². The Morgan fingerprint density at radius 1 is 1.00 bits per heavy atom. The highest BCUT2D eigenvalue weighted by Crippen LogP contribution is 2.39. The summed E-state index contributed by atoms with van der Waals surface area (Å²) < 4.78 is 13.0. The number of aromatic nitrogens is 2. The van der Waals surface area contributed by atoms with E-state index >= 15 is 0 Å². The smallest absolute Gasteiger partial charge is 0.269 e. The molecule has 0 radical (unpaired) electrons. The summed E-state index contributed by atoms with van der Waals surface area (Å²) in [6.45, 7) is 3.00. The molecule has 3 aromatic rings. The number of fused-ring (bicyclic) bond motifs is 1. The van der Waals surface area contributed by atoms with E-state index in [4.69, 9.17) is 20.2 Å². The van der Waals surface area contributed by atoms with Crippen LogP contribution in [0, 0.1) is 5.92 Å². The Morgan fingerprint density at radius 2 is 1.62 bits per heavy atom. The lowest BCUT2D eigenvalue weighted by Gasteiger charge is -2.36. The zero-order valence-electron chi connectivity index (χ0n) is 19.7. The van der Waals surface area contributed by atoms with E-state index in [1.165, 1.54) is 0 Å². The van der Waals surface area contributed by atoms with E-state index in [1.54, 1.807) is 7.11 Å². The monoisotopic (exact) mass is 461 g/mol. The van der Waals surface area contributed by atoms with Gasteiger partial charge < -0.3 is 25.5 Å².